The maximum atomic E-state index is 12.7. The first-order valence-corrected chi connectivity index (χ1v) is 26.9. The number of hydrogen-bond acceptors (Lipinski definition) is 8. The number of esters is 2. The maximum Gasteiger partial charge on any atom is 0.306 e. The highest BCUT2D eigenvalue weighted by Crippen LogP contribution is 2.38. The van der Waals surface area contributed by atoms with Crippen LogP contribution in [-0.4, -0.2) is 70.0 Å². The average Bonchev–Trinajstić information content (AvgIpc) is 3.26. The molecule has 0 aromatic rings. The first kappa shape index (κ1) is 61.9. The summed E-state index contributed by atoms with van der Waals surface area (Å²) in [7, 11) is 1.13. The van der Waals surface area contributed by atoms with Gasteiger partial charge in [0, 0.05) is 12.8 Å². The molecule has 0 bridgehead atoms. The van der Waals surface area contributed by atoms with Crippen molar-refractivity contribution in [3.8, 4) is 0 Å². The molecule has 372 valence electrons. The van der Waals surface area contributed by atoms with Crippen LogP contribution < -0.4 is 4.89 Å². The van der Waals surface area contributed by atoms with Crippen molar-refractivity contribution in [1.29, 1.82) is 0 Å². The van der Waals surface area contributed by atoms with E-state index in [0.29, 0.717) is 17.4 Å². The predicted octanol–water partition coefficient (Wildman–Crippen LogP) is 14.7. The Kier molecular flexibility index (Phi) is 43.9. The fourth-order valence-electron chi connectivity index (χ4n) is 6.43. The molecule has 0 saturated heterocycles. The van der Waals surface area contributed by atoms with Crippen molar-refractivity contribution in [3.05, 3.63) is 97.2 Å². The SMILES string of the molecule is CC/C=C\C/C=C\C/C=C\C/C=C\C/C=C\C/C=C\C/C=C\C/C=C\CCCCCCC(=O)OC(COC(=O)CCCCCCCCCCCCCC)COP(=O)([O-])OCC[N+](C)(C)C. The molecule has 2 unspecified atom stereocenters. The van der Waals surface area contributed by atoms with Gasteiger partial charge >= 0.3 is 11.9 Å². The van der Waals surface area contributed by atoms with Crippen molar-refractivity contribution >= 4 is 19.8 Å². The summed E-state index contributed by atoms with van der Waals surface area (Å²) < 4.78 is 34.0. The number of hydrogen-bond donors (Lipinski definition) is 0. The molecule has 2 atom stereocenters. The van der Waals surface area contributed by atoms with E-state index in [9.17, 15) is 19.0 Å². The van der Waals surface area contributed by atoms with Crippen molar-refractivity contribution in [2.24, 2.45) is 0 Å². The minimum Gasteiger partial charge on any atom is -0.756 e. The van der Waals surface area contributed by atoms with E-state index in [2.05, 4.69) is 111 Å². The number of phosphoric acid groups is 1. The molecule has 0 aliphatic rings. The van der Waals surface area contributed by atoms with E-state index in [-0.39, 0.29) is 26.1 Å². The zero-order valence-corrected chi connectivity index (χ0v) is 42.8. The Morgan fingerprint density at radius 1 is 0.492 bits per heavy atom. The van der Waals surface area contributed by atoms with E-state index in [1.807, 2.05) is 21.1 Å². The zero-order valence-electron chi connectivity index (χ0n) is 41.9. The molecule has 0 radical (unpaired) electrons. The molecule has 0 fully saturated rings. The normalized spacial score (nSPS) is 14.2. The summed E-state index contributed by atoms with van der Waals surface area (Å²) in [4.78, 5) is 37.6. The number of carbonyl (C=O) groups is 2. The molecule has 0 aliphatic heterocycles. The van der Waals surface area contributed by atoms with Crippen LogP contribution >= 0.6 is 7.82 Å². The summed E-state index contributed by atoms with van der Waals surface area (Å²) in [6.45, 7) is 4.07. The van der Waals surface area contributed by atoms with Gasteiger partial charge in [-0.05, 0) is 77.0 Å². The maximum absolute atomic E-state index is 12.7. The molecule has 65 heavy (non-hydrogen) atoms. The Bertz CT molecular complexity index is 1420. The van der Waals surface area contributed by atoms with E-state index in [1.54, 1.807) is 0 Å². The molecule has 0 amide bonds. The third-order valence-corrected chi connectivity index (χ3v) is 11.3. The summed E-state index contributed by atoms with van der Waals surface area (Å²) in [6, 6.07) is 0. The fraction of sp³-hybridized carbons (Fsp3) is 0.673. The van der Waals surface area contributed by atoms with Gasteiger partial charge in [-0.15, -0.1) is 0 Å². The topological polar surface area (TPSA) is 111 Å². The predicted molar refractivity (Wildman–Crippen MR) is 272 cm³/mol. The molecule has 0 aromatic carbocycles. The molecular weight excluding hydrogens is 834 g/mol. The van der Waals surface area contributed by atoms with E-state index in [4.69, 9.17) is 18.5 Å². The smallest absolute Gasteiger partial charge is 0.306 e. The molecule has 0 saturated carbocycles. The van der Waals surface area contributed by atoms with Crippen molar-refractivity contribution in [2.45, 2.75) is 193 Å². The fourth-order valence-corrected chi connectivity index (χ4v) is 7.16. The second kappa shape index (κ2) is 46.1. The lowest BCUT2D eigenvalue weighted by atomic mass is 10.0. The van der Waals surface area contributed by atoms with Gasteiger partial charge in [-0.1, -0.05) is 195 Å². The van der Waals surface area contributed by atoms with E-state index >= 15 is 0 Å². The standard InChI is InChI=1S/C55H94NO8P/c1-6-8-10-12-14-16-18-20-21-22-23-24-25-26-27-28-29-30-31-32-33-34-35-36-38-40-42-44-46-48-55(58)64-53(52-63-65(59,60)62-50-49-56(3,4)5)51-61-54(57)47-45-43-41-39-37-19-17-15-13-11-9-7-2/h8,10,14,16,20-21,23-24,26-27,29-30,32-33,35-36,53H,6-7,9,11-13,15,17-19,22,25,28,31,34,37-52H2,1-5H3/b10-8-,16-14-,21-20-,24-23-,27-26-,30-29-,33-32-,36-35-. The van der Waals surface area contributed by atoms with Crippen LogP contribution in [0.5, 0.6) is 0 Å². The molecule has 0 rings (SSSR count). The summed E-state index contributed by atoms with van der Waals surface area (Å²) in [5.74, 6) is -0.869. The number of nitrogens with zero attached hydrogens (tertiary/aromatic N) is 1. The van der Waals surface area contributed by atoms with Crippen molar-refractivity contribution in [2.75, 3.05) is 47.5 Å². The monoisotopic (exact) mass is 928 g/mol. The van der Waals surface area contributed by atoms with Crippen LogP contribution in [0, 0.1) is 0 Å². The van der Waals surface area contributed by atoms with Crippen molar-refractivity contribution in [1.82, 2.24) is 0 Å². The van der Waals surface area contributed by atoms with E-state index < -0.39 is 32.5 Å². The van der Waals surface area contributed by atoms with Crippen molar-refractivity contribution in [3.63, 3.8) is 0 Å². The lowest BCUT2D eigenvalue weighted by molar-refractivity contribution is -0.870. The lowest BCUT2D eigenvalue weighted by Crippen LogP contribution is -2.37. The number of likely N-dealkylation sites (N-methyl/N-ethyl adjacent to an activating group) is 1. The van der Waals surface area contributed by atoms with Crippen LogP contribution in [0.1, 0.15) is 187 Å². The highest BCUT2D eigenvalue weighted by Gasteiger charge is 2.21. The first-order valence-electron chi connectivity index (χ1n) is 25.4. The molecule has 10 heteroatoms. The van der Waals surface area contributed by atoms with Crippen LogP contribution in [0.2, 0.25) is 0 Å². The van der Waals surface area contributed by atoms with Crippen LogP contribution in [0.25, 0.3) is 0 Å². The number of allylic oxidation sites excluding steroid dienone is 16. The van der Waals surface area contributed by atoms with Gasteiger partial charge in [-0.25, -0.2) is 0 Å². The molecule has 9 nitrogen and oxygen atoms in total. The van der Waals surface area contributed by atoms with Gasteiger partial charge < -0.3 is 27.9 Å². The summed E-state index contributed by atoms with van der Waals surface area (Å²) >= 11 is 0. The second-order valence-corrected chi connectivity index (χ2v) is 19.2. The molecule has 0 spiro atoms. The first-order chi connectivity index (χ1) is 31.5. The number of unbranched alkanes of at least 4 members (excludes halogenated alkanes) is 15. The third-order valence-electron chi connectivity index (χ3n) is 10.4. The van der Waals surface area contributed by atoms with Crippen LogP contribution in [0.15, 0.2) is 97.2 Å². The zero-order chi connectivity index (χ0) is 47.8. The third kappa shape index (κ3) is 50.2. The Balaban J connectivity index is 4.29. The Morgan fingerprint density at radius 2 is 0.877 bits per heavy atom. The molecule has 0 aromatic heterocycles. The van der Waals surface area contributed by atoms with Crippen LogP contribution in [0.4, 0.5) is 0 Å². The molecule has 0 aliphatic carbocycles. The number of ether oxygens (including phenoxy) is 2. The number of rotatable bonds is 45. The second-order valence-electron chi connectivity index (χ2n) is 17.8. The quantitative estimate of drug-likeness (QED) is 0.0195. The average molecular weight is 928 g/mol. The summed E-state index contributed by atoms with van der Waals surface area (Å²) in [5.41, 5.74) is 0. The van der Waals surface area contributed by atoms with E-state index in [0.717, 1.165) is 96.3 Å². The van der Waals surface area contributed by atoms with Crippen LogP contribution in [-0.2, 0) is 32.7 Å². The Hall–Kier alpha value is -3.07. The van der Waals surface area contributed by atoms with Crippen molar-refractivity contribution < 1.29 is 42.1 Å². The molecule has 0 heterocycles. The molecule has 0 N–H and O–H groups in total. The van der Waals surface area contributed by atoms with Gasteiger partial charge in [0.05, 0.1) is 27.7 Å². The van der Waals surface area contributed by atoms with Crippen LogP contribution in [0.3, 0.4) is 0 Å². The van der Waals surface area contributed by atoms with E-state index in [1.165, 1.54) is 57.8 Å². The van der Waals surface area contributed by atoms with Gasteiger partial charge in [-0.3, -0.25) is 14.2 Å². The minimum atomic E-state index is -4.64. The molecular formula is C55H94NO8P. The summed E-state index contributed by atoms with van der Waals surface area (Å²) in [5, 5.41) is 0. The van der Waals surface area contributed by atoms with Gasteiger partial charge in [0.2, 0.25) is 0 Å². The van der Waals surface area contributed by atoms with Gasteiger partial charge in [-0.2, -0.15) is 0 Å². The minimum absolute atomic E-state index is 0.0403. The van der Waals surface area contributed by atoms with Gasteiger partial charge in [0.15, 0.2) is 6.10 Å². The number of carbonyl (C=O) groups excluding carboxylic acids is 2. The van der Waals surface area contributed by atoms with Gasteiger partial charge in [0.25, 0.3) is 7.82 Å². The Morgan fingerprint density at radius 3 is 1.31 bits per heavy atom. The largest absolute Gasteiger partial charge is 0.756 e. The highest BCUT2D eigenvalue weighted by atomic mass is 31.2. The lowest BCUT2D eigenvalue weighted by Gasteiger charge is -2.28. The number of phosphoric ester groups is 1. The van der Waals surface area contributed by atoms with Gasteiger partial charge in [0.1, 0.15) is 19.8 Å². The summed E-state index contributed by atoms with van der Waals surface area (Å²) in [6.07, 6.45) is 61.6. The highest BCUT2D eigenvalue weighted by molar-refractivity contribution is 7.45. The Labute approximate surface area is 398 Å². The number of quaternary nitrogens is 1.